The first-order valence-corrected chi connectivity index (χ1v) is 15.5. The number of benzene rings is 7. The zero-order valence-electron chi connectivity index (χ0n) is 24.7. The van der Waals surface area contributed by atoms with Crippen molar-refractivity contribution in [3.8, 4) is 23.3 Å². The normalized spacial score (nSPS) is 11.9. The molecule has 0 unspecified atom stereocenters. The van der Waals surface area contributed by atoms with Gasteiger partial charge in [-0.1, -0.05) is 127 Å². The molecule has 5 heteroatoms. The summed E-state index contributed by atoms with van der Waals surface area (Å²) in [5.41, 5.74) is 5.16. The van der Waals surface area contributed by atoms with Crippen molar-refractivity contribution in [3.05, 3.63) is 152 Å². The van der Waals surface area contributed by atoms with Crippen molar-refractivity contribution < 1.29 is 0 Å². The van der Waals surface area contributed by atoms with E-state index in [4.69, 9.17) is 15.0 Å². The molecule has 0 aliphatic rings. The first-order valence-electron chi connectivity index (χ1n) is 15.5. The minimum Gasteiger partial charge on any atom is -0.278 e. The van der Waals surface area contributed by atoms with Gasteiger partial charge in [0.25, 0.3) is 0 Å². The lowest BCUT2D eigenvalue weighted by atomic mass is 10.0. The van der Waals surface area contributed by atoms with Crippen molar-refractivity contribution in [1.29, 1.82) is 0 Å². The minimum atomic E-state index is 0.581. The molecule has 0 saturated heterocycles. The molecule has 5 nitrogen and oxygen atoms in total. The summed E-state index contributed by atoms with van der Waals surface area (Å²) in [5.74, 6) is 1.79. The molecule has 0 N–H and O–H groups in total. The number of hydrogen-bond acceptors (Lipinski definition) is 3. The Kier molecular flexibility index (Phi) is 5.22. The molecule has 10 rings (SSSR count). The van der Waals surface area contributed by atoms with Gasteiger partial charge in [-0.2, -0.15) is 15.0 Å². The molecule has 0 atom stereocenters. The molecule has 3 heterocycles. The van der Waals surface area contributed by atoms with Crippen LogP contribution in [0.25, 0.3) is 88.4 Å². The van der Waals surface area contributed by atoms with Crippen LogP contribution in [0, 0.1) is 0 Å². The largest absolute Gasteiger partial charge is 0.278 e. The number of nitrogens with zero attached hydrogens (tertiary/aromatic N) is 5. The molecule has 0 radical (unpaired) electrons. The van der Waals surface area contributed by atoms with Gasteiger partial charge in [0.2, 0.25) is 11.9 Å². The van der Waals surface area contributed by atoms with Crippen molar-refractivity contribution in [1.82, 2.24) is 24.1 Å². The lowest BCUT2D eigenvalue weighted by Crippen LogP contribution is -2.10. The maximum atomic E-state index is 5.31. The topological polar surface area (TPSA) is 48.5 Å². The molecule has 0 spiro atoms. The van der Waals surface area contributed by atoms with Crippen LogP contribution in [-0.4, -0.2) is 24.1 Å². The maximum Gasteiger partial charge on any atom is 0.240 e. The van der Waals surface area contributed by atoms with E-state index in [1.54, 1.807) is 0 Å². The van der Waals surface area contributed by atoms with Gasteiger partial charge in [0.05, 0.1) is 22.1 Å². The SMILES string of the molecule is c1ccc(-c2nc(-n3c4ccccc4c4c5ccccc5ccc43)nc(-n3c4ccccc4c4c5ccccc5ccc43)n2)cc1. The van der Waals surface area contributed by atoms with Gasteiger partial charge in [-0.25, -0.2) is 0 Å². The van der Waals surface area contributed by atoms with Crippen LogP contribution < -0.4 is 0 Å². The molecule has 46 heavy (non-hydrogen) atoms. The summed E-state index contributed by atoms with van der Waals surface area (Å²) in [6, 6.07) is 53.1. The number of rotatable bonds is 3. The van der Waals surface area contributed by atoms with Crippen LogP contribution in [-0.2, 0) is 0 Å². The predicted molar refractivity (Wildman–Crippen MR) is 189 cm³/mol. The van der Waals surface area contributed by atoms with Gasteiger partial charge in [0, 0.05) is 27.1 Å². The Morgan fingerprint density at radius 1 is 0.326 bits per heavy atom. The highest BCUT2D eigenvalue weighted by molar-refractivity contribution is 6.22. The Balaban J connectivity index is 1.35. The van der Waals surface area contributed by atoms with Crippen molar-refractivity contribution >= 4 is 65.2 Å². The minimum absolute atomic E-state index is 0.581. The van der Waals surface area contributed by atoms with Crippen LogP contribution >= 0.6 is 0 Å². The van der Waals surface area contributed by atoms with Crippen molar-refractivity contribution in [3.63, 3.8) is 0 Å². The lowest BCUT2D eigenvalue weighted by molar-refractivity contribution is 0.893. The fourth-order valence-corrected chi connectivity index (χ4v) is 7.18. The van der Waals surface area contributed by atoms with Crippen LogP contribution in [0.4, 0.5) is 0 Å². The number of fused-ring (bicyclic) bond motifs is 10. The molecule has 214 valence electrons. The first-order chi connectivity index (χ1) is 22.8. The fraction of sp³-hybridized carbons (Fsp3) is 0. The zero-order valence-corrected chi connectivity index (χ0v) is 24.7. The van der Waals surface area contributed by atoms with Crippen LogP contribution in [0.5, 0.6) is 0 Å². The summed E-state index contributed by atoms with van der Waals surface area (Å²) in [5, 5.41) is 9.55. The van der Waals surface area contributed by atoms with Crippen molar-refractivity contribution in [2.24, 2.45) is 0 Å². The van der Waals surface area contributed by atoms with Gasteiger partial charge in [-0.15, -0.1) is 0 Å². The Morgan fingerprint density at radius 2 is 0.761 bits per heavy atom. The van der Waals surface area contributed by atoms with Crippen molar-refractivity contribution in [2.75, 3.05) is 0 Å². The first kappa shape index (κ1) is 25.0. The summed E-state index contributed by atoms with van der Waals surface area (Å²) in [6.45, 7) is 0. The summed E-state index contributed by atoms with van der Waals surface area (Å²) in [7, 11) is 0. The fourth-order valence-electron chi connectivity index (χ4n) is 7.18. The van der Waals surface area contributed by atoms with Gasteiger partial charge < -0.3 is 0 Å². The van der Waals surface area contributed by atoms with Gasteiger partial charge >= 0.3 is 0 Å². The van der Waals surface area contributed by atoms with E-state index in [2.05, 4.69) is 143 Å². The van der Waals surface area contributed by atoms with E-state index < -0.39 is 0 Å². The molecule has 0 saturated carbocycles. The third-order valence-electron chi connectivity index (χ3n) is 9.17. The average Bonchev–Trinajstić information content (AvgIpc) is 3.65. The predicted octanol–water partition coefficient (Wildman–Crippen LogP) is 10.0. The highest BCUT2D eigenvalue weighted by Crippen LogP contribution is 2.38. The molecule has 0 amide bonds. The van der Waals surface area contributed by atoms with E-state index in [1.165, 1.54) is 43.1 Å². The second-order valence-corrected chi connectivity index (χ2v) is 11.7. The van der Waals surface area contributed by atoms with Crippen molar-refractivity contribution in [2.45, 2.75) is 0 Å². The Bertz CT molecular complexity index is 2640. The second-order valence-electron chi connectivity index (χ2n) is 11.7. The second kappa shape index (κ2) is 9.58. The van der Waals surface area contributed by atoms with E-state index in [-0.39, 0.29) is 0 Å². The highest BCUT2D eigenvalue weighted by atomic mass is 15.3. The Morgan fingerprint density at radius 3 is 1.28 bits per heavy atom. The van der Waals surface area contributed by atoms with E-state index in [9.17, 15) is 0 Å². The number of para-hydroxylation sites is 2. The average molecular weight is 588 g/mol. The van der Waals surface area contributed by atoms with Gasteiger partial charge in [0.1, 0.15) is 0 Å². The molecule has 0 aliphatic heterocycles. The highest BCUT2D eigenvalue weighted by Gasteiger charge is 2.21. The lowest BCUT2D eigenvalue weighted by Gasteiger charge is -2.13. The molecule has 7 aromatic carbocycles. The number of aromatic nitrogens is 5. The van der Waals surface area contributed by atoms with E-state index in [1.807, 2.05) is 18.2 Å². The molecule has 0 bridgehead atoms. The third-order valence-corrected chi connectivity index (χ3v) is 9.17. The standard InChI is InChI=1S/C41H25N5/c1-2-14-28(15-3-1)39-42-40(45-33-20-10-8-18-31(33)37-29-16-6-4-12-26(29)22-24-35(37)45)44-41(43-39)46-34-21-11-9-19-32(34)38-30-17-7-5-13-27(30)23-25-36(38)46/h1-25H. The molecule has 0 fully saturated rings. The van der Waals surface area contributed by atoms with Gasteiger partial charge in [-0.05, 0) is 45.8 Å². The molecule has 0 aliphatic carbocycles. The molecular formula is C41H25N5. The van der Waals surface area contributed by atoms with E-state index in [0.29, 0.717) is 17.7 Å². The maximum absolute atomic E-state index is 5.31. The van der Waals surface area contributed by atoms with E-state index >= 15 is 0 Å². The zero-order chi connectivity index (χ0) is 30.2. The van der Waals surface area contributed by atoms with Gasteiger partial charge in [-0.3, -0.25) is 9.13 Å². The Labute approximate surface area is 263 Å². The molecule has 3 aromatic heterocycles. The number of hydrogen-bond donors (Lipinski definition) is 0. The van der Waals surface area contributed by atoms with Crippen LogP contribution in [0.1, 0.15) is 0 Å². The summed E-state index contributed by atoms with van der Waals surface area (Å²) in [6.07, 6.45) is 0. The van der Waals surface area contributed by atoms with Crippen LogP contribution in [0.3, 0.4) is 0 Å². The summed E-state index contributed by atoms with van der Waals surface area (Å²) < 4.78 is 4.38. The Hall–Kier alpha value is -6.33. The monoisotopic (exact) mass is 587 g/mol. The van der Waals surface area contributed by atoms with E-state index in [0.717, 1.165) is 27.6 Å². The molecule has 10 aromatic rings. The third kappa shape index (κ3) is 3.54. The quantitative estimate of drug-likeness (QED) is 0.207. The van der Waals surface area contributed by atoms with Gasteiger partial charge in [0.15, 0.2) is 5.82 Å². The molecular weight excluding hydrogens is 562 g/mol. The summed E-state index contributed by atoms with van der Waals surface area (Å²) in [4.78, 5) is 15.7. The van der Waals surface area contributed by atoms with Crippen LogP contribution in [0.15, 0.2) is 152 Å². The smallest absolute Gasteiger partial charge is 0.240 e. The summed E-state index contributed by atoms with van der Waals surface area (Å²) >= 11 is 0. The van der Waals surface area contributed by atoms with Crippen LogP contribution in [0.2, 0.25) is 0 Å².